The highest BCUT2D eigenvalue weighted by atomic mass is 32.2. The third kappa shape index (κ3) is 7.60. The van der Waals surface area contributed by atoms with Gasteiger partial charge in [0.15, 0.2) is 0 Å². The van der Waals surface area contributed by atoms with Crippen LogP contribution in [0.15, 0.2) is 0 Å². The average Bonchev–Trinajstić information content (AvgIpc) is 2.49. The highest BCUT2D eigenvalue weighted by Gasteiger charge is 2.30. The predicted octanol–water partition coefficient (Wildman–Crippen LogP) is 2.85. The van der Waals surface area contributed by atoms with Gasteiger partial charge in [0, 0.05) is 6.54 Å². The molecule has 1 saturated carbocycles. The first-order chi connectivity index (χ1) is 10.1. The van der Waals surface area contributed by atoms with Crippen LogP contribution in [-0.4, -0.2) is 41.7 Å². The number of carbonyl (C=O) groups is 2. The van der Waals surface area contributed by atoms with Crippen LogP contribution < -0.4 is 10.6 Å². The molecule has 0 aromatic rings. The lowest BCUT2D eigenvalue weighted by atomic mass is 9.84. The van der Waals surface area contributed by atoms with E-state index < -0.39 is 12.0 Å². The van der Waals surface area contributed by atoms with Gasteiger partial charge >= 0.3 is 12.0 Å². The van der Waals surface area contributed by atoms with Crippen LogP contribution in [-0.2, 0) is 4.79 Å². The molecule has 1 fully saturated rings. The van der Waals surface area contributed by atoms with Crippen molar-refractivity contribution in [3.05, 3.63) is 0 Å². The molecule has 0 radical (unpaired) electrons. The molecule has 1 aliphatic rings. The van der Waals surface area contributed by atoms with Crippen molar-refractivity contribution in [3.63, 3.8) is 0 Å². The van der Waals surface area contributed by atoms with Crippen LogP contribution in [0.5, 0.6) is 0 Å². The Morgan fingerprint density at radius 3 is 2.52 bits per heavy atom. The van der Waals surface area contributed by atoms with Gasteiger partial charge in [0.1, 0.15) is 6.04 Å². The van der Waals surface area contributed by atoms with Crippen molar-refractivity contribution in [2.45, 2.75) is 57.4 Å². The second kappa shape index (κ2) is 10.8. The molecule has 0 saturated heterocycles. The number of thioether (sulfide) groups is 1. The van der Waals surface area contributed by atoms with E-state index in [2.05, 4.69) is 16.9 Å². The molecule has 0 aliphatic heterocycles. The second-order valence-electron chi connectivity index (χ2n) is 5.67. The first-order valence-electron chi connectivity index (χ1n) is 7.91. The van der Waals surface area contributed by atoms with E-state index in [0.29, 0.717) is 6.54 Å². The van der Waals surface area contributed by atoms with Crippen molar-refractivity contribution in [3.8, 4) is 0 Å². The number of urea groups is 1. The zero-order valence-corrected chi connectivity index (χ0v) is 13.7. The number of carboxylic acids is 1. The summed E-state index contributed by atoms with van der Waals surface area (Å²) in [6.45, 7) is 0.608. The molecule has 0 heterocycles. The molecule has 6 heteroatoms. The molecule has 0 aromatic heterocycles. The number of hydrogen-bond acceptors (Lipinski definition) is 3. The summed E-state index contributed by atoms with van der Waals surface area (Å²) in [5, 5.41) is 14.7. The molecule has 2 amide bonds. The van der Waals surface area contributed by atoms with Gasteiger partial charge < -0.3 is 15.7 Å². The van der Waals surface area contributed by atoms with Crippen LogP contribution in [0.25, 0.3) is 0 Å². The Labute approximate surface area is 131 Å². The van der Waals surface area contributed by atoms with Gasteiger partial charge in [0.05, 0.1) is 0 Å². The molecule has 1 aliphatic carbocycles. The minimum Gasteiger partial charge on any atom is -0.480 e. The Kier molecular flexibility index (Phi) is 9.30. The average molecular weight is 316 g/mol. The highest BCUT2D eigenvalue weighted by molar-refractivity contribution is 7.98. The van der Waals surface area contributed by atoms with Gasteiger partial charge in [-0.3, -0.25) is 0 Å². The molecule has 1 atom stereocenters. The summed E-state index contributed by atoms with van der Waals surface area (Å²) in [5.41, 5.74) is 0. The molecule has 0 bridgehead atoms. The highest BCUT2D eigenvalue weighted by Crippen LogP contribution is 2.26. The number of carboxylic acid groups (broad SMARTS) is 1. The Morgan fingerprint density at radius 2 is 1.90 bits per heavy atom. The summed E-state index contributed by atoms with van der Waals surface area (Å²) in [6.07, 6.45) is 10.4. The minimum atomic E-state index is -0.919. The summed E-state index contributed by atoms with van der Waals surface area (Å²) in [5.74, 6) is 0.301. The van der Waals surface area contributed by atoms with E-state index in [1.807, 2.05) is 11.8 Å². The predicted molar refractivity (Wildman–Crippen MR) is 86.8 cm³/mol. The Bertz CT molecular complexity index is 320. The number of hydrogen-bond donors (Lipinski definition) is 3. The minimum absolute atomic E-state index is 0.0728. The summed E-state index contributed by atoms with van der Waals surface area (Å²) < 4.78 is 0. The number of unbranched alkanes of at least 4 members (excludes halogenated alkanes) is 2. The van der Waals surface area contributed by atoms with Crippen molar-refractivity contribution in [1.82, 2.24) is 10.6 Å². The number of rotatable bonds is 9. The van der Waals surface area contributed by atoms with E-state index in [-0.39, 0.29) is 11.9 Å². The van der Waals surface area contributed by atoms with E-state index in [4.69, 9.17) is 0 Å². The maximum Gasteiger partial charge on any atom is 0.326 e. The van der Waals surface area contributed by atoms with Crippen molar-refractivity contribution >= 4 is 23.8 Å². The van der Waals surface area contributed by atoms with Gasteiger partial charge in [-0.15, -0.1) is 0 Å². The third-order valence-corrected chi connectivity index (χ3v) is 4.68. The summed E-state index contributed by atoms with van der Waals surface area (Å²) in [6, 6.07) is -1.10. The number of aliphatic carboxylic acids is 1. The fraction of sp³-hybridized carbons (Fsp3) is 0.867. The lowest BCUT2D eigenvalue weighted by molar-refractivity contribution is -0.141. The molecule has 122 valence electrons. The normalized spacial score (nSPS) is 17.2. The molecule has 21 heavy (non-hydrogen) atoms. The zero-order chi connectivity index (χ0) is 15.5. The topological polar surface area (TPSA) is 78.4 Å². The van der Waals surface area contributed by atoms with Crippen molar-refractivity contribution < 1.29 is 14.7 Å². The molecule has 5 nitrogen and oxygen atoms in total. The first-order valence-corrected chi connectivity index (χ1v) is 9.30. The molecule has 3 N–H and O–H groups in total. The van der Waals surface area contributed by atoms with E-state index in [9.17, 15) is 14.7 Å². The van der Waals surface area contributed by atoms with Crippen LogP contribution in [0.1, 0.15) is 51.4 Å². The van der Waals surface area contributed by atoms with Crippen LogP contribution >= 0.6 is 11.8 Å². The third-order valence-electron chi connectivity index (χ3n) is 3.98. The fourth-order valence-electron chi connectivity index (χ4n) is 2.79. The Hall–Kier alpha value is -0.910. The summed E-state index contributed by atoms with van der Waals surface area (Å²) in [7, 11) is 0. The van der Waals surface area contributed by atoms with Crippen LogP contribution in [0.2, 0.25) is 0 Å². The molecular weight excluding hydrogens is 288 g/mol. The molecule has 0 spiro atoms. The van der Waals surface area contributed by atoms with E-state index in [0.717, 1.165) is 50.7 Å². The second-order valence-corrected chi connectivity index (χ2v) is 6.65. The lowest BCUT2D eigenvalue weighted by Crippen LogP contribution is -2.50. The van der Waals surface area contributed by atoms with Gasteiger partial charge in [-0.1, -0.05) is 25.7 Å². The van der Waals surface area contributed by atoms with Crippen LogP contribution in [0.4, 0.5) is 4.79 Å². The largest absolute Gasteiger partial charge is 0.480 e. The fourth-order valence-corrected chi connectivity index (χ4v) is 3.28. The molecule has 1 rings (SSSR count). The van der Waals surface area contributed by atoms with Crippen molar-refractivity contribution in [2.24, 2.45) is 5.92 Å². The standard InChI is InChI=1S/C15H28N2O3S/c1-21-11-7-3-6-10-16-15(20)17-13(14(18)19)12-8-4-2-5-9-12/h12-13H,2-11H2,1H3,(H,18,19)(H2,16,17,20). The number of carbonyl (C=O) groups excluding carboxylic acids is 1. The Morgan fingerprint density at radius 1 is 1.19 bits per heavy atom. The maximum absolute atomic E-state index is 11.8. The van der Waals surface area contributed by atoms with Gasteiger partial charge in [0.2, 0.25) is 0 Å². The molecular formula is C15H28N2O3S. The summed E-state index contributed by atoms with van der Waals surface area (Å²) in [4.78, 5) is 23.1. The first kappa shape index (κ1) is 18.1. The molecule has 1 unspecified atom stereocenters. The molecule has 0 aromatic carbocycles. The van der Waals surface area contributed by atoms with Gasteiger partial charge in [-0.2, -0.15) is 11.8 Å². The van der Waals surface area contributed by atoms with Crippen LogP contribution in [0, 0.1) is 5.92 Å². The Balaban J connectivity index is 2.24. The number of amides is 2. The lowest BCUT2D eigenvalue weighted by Gasteiger charge is -2.28. The van der Waals surface area contributed by atoms with Crippen molar-refractivity contribution in [2.75, 3.05) is 18.6 Å². The van der Waals surface area contributed by atoms with E-state index in [1.165, 1.54) is 6.42 Å². The van der Waals surface area contributed by atoms with E-state index in [1.54, 1.807) is 0 Å². The van der Waals surface area contributed by atoms with Gasteiger partial charge in [0.25, 0.3) is 0 Å². The van der Waals surface area contributed by atoms with E-state index >= 15 is 0 Å². The summed E-state index contributed by atoms with van der Waals surface area (Å²) >= 11 is 1.83. The smallest absolute Gasteiger partial charge is 0.326 e. The van der Waals surface area contributed by atoms with Gasteiger partial charge in [-0.05, 0) is 43.6 Å². The van der Waals surface area contributed by atoms with Crippen molar-refractivity contribution in [1.29, 1.82) is 0 Å². The van der Waals surface area contributed by atoms with Gasteiger partial charge in [-0.25, -0.2) is 9.59 Å². The quantitative estimate of drug-likeness (QED) is 0.572. The van der Waals surface area contributed by atoms with Crippen LogP contribution in [0.3, 0.4) is 0 Å². The zero-order valence-electron chi connectivity index (χ0n) is 12.9. The SMILES string of the molecule is CSCCCCCNC(=O)NC(C(=O)O)C1CCCCC1. The maximum atomic E-state index is 11.8. The monoisotopic (exact) mass is 316 g/mol. The number of nitrogens with one attached hydrogen (secondary N) is 2.